The minimum Gasteiger partial charge on any atom is -0.387 e. The Kier molecular flexibility index (Phi) is 7.83. The normalized spacial score (nSPS) is 13.8. The molecule has 0 aliphatic carbocycles. The molecule has 2 aromatic heterocycles. The van der Waals surface area contributed by atoms with Gasteiger partial charge in [-0.05, 0) is 70.2 Å². The fourth-order valence-electron chi connectivity index (χ4n) is 2.99. The van der Waals surface area contributed by atoms with E-state index in [4.69, 9.17) is 0 Å². The van der Waals surface area contributed by atoms with Gasteiger partial charge >= 0.3 is 0 Å². The number of halogens is 1. The smallest absolute Gasteiger partial charge is 0.117 e. The zero-order chi connectivity index (χ0) is 17.7. The zero-order valence-corrected chi connectivity index (χ0v) is 17.0. The van der Waals surface area contributed by atoms with Gasteiger partial charge in [0.1, 0.15) is 5.60 Å². The van der Waals surface area contributed by atoms with Gasteiger partial charge in [-0.15, -0.1) is 12.4 Å². The lowest BCUT2D eigenvalue weighted by atomic mass is 9.86. The highest BCUT2D eigenvalue weighted by molar-refractivity contribution is 7.08. The lowest BCUT2D eigenvalue weighted by Crippen LogP contribution is -2.37. The minimum atomic E-state index is -0.996. The van der Waals surface area contributed by atoms with Crippen molar-refractivity contribution in [3.63, 3.8) is 0 Å². The fraction of sp³-hybridized carbons (Fsp3) is 0.300. The summed E-state index contributed by atoms with van der Waals surface area (Å²) in [5, 5.41) is 33.1. The molecule has 1 aromatic carbocycles. The van der Waals surface area contributed by atoms with E-state index in [0.29, 0.717) is 13.0 Å². The summed E-state index contributed by atoms with van der Waals surface area (Å²) in [6, 6.07) is 13.5. The van der Waals surface area contributed by atoms with Gasteiger partial charge in [-0.25, -0.2) is 0 Å². The Balaban J connectivity index is 0.00000243. The summed E-state index contributed by atoms with van der Waals surface area (Å²) >= 11 is 3.18. The van der Waals surface area contributed by atoms with Gasteiger partial charge < -0.3 is 15.5 Å². The van der Waals surface area contributed by atoms with Crippen molar-refractivity contribution in [2.75, 3.05) is 6.54 Å². The Morgan fingerprint density at radius 2 is 1.58 bits per heavy atom. The third kappa shape index (κ3) is 4.74. The maximum atomic E-state index is 11.3. The molecule has 0 radical (unpaired) electrons. The predicted octanol–water partition coefficient (Wildman–Crippen LogP) is 4.57. The first kappa shape index (κ1) is 21.1. The van der Waals surface area contributed by atoms with Gasteiger partial charge in [0.2, 0.25) is 0 Å². The Labute approximate surface area is 168 Å². The van der Waals surface area contributed by atoms with E-state index in [2.05, 4.69) is 5.32 Å². The largest absolute Gasteiger partial charge is 0.387 e. The summed E-state index contributed by atoms with van der Waals surface area (Å²) in [6.45, 7) is 2.57. The quantitative estimate of drug-likeness (QED) is 0.510. The van der Waals surface area contributed by atoms with Crippen molar-refractivity contribution in [3.8, 4) is 0 Å². The Morgan fingerprint density at radius 1 is 1.00 bits per heavy atom. The van der Waals surface area contributed by atoms with Crippen LogP contribution in [-0.4, -0.2) is 22.8 Å². The van der Waals surface area contributed by atoms with E-state index in [1.807, 2.05) is 70.9 Å². The van der Waals surface area contributed by atoms with E-state index in [1.54, 1.807) is 22.7 Å². The van der Waals surface area contributed by atoms with E-state index >= 15 is 0 Å². The van der Waals surface area contributed by atoms with Gasteiger partial charge in [0, 0.05) is 6.04 Å². The van der Waals surface area contributed by atoms with Crippen molar-refractivity contribution in [1.82, 2.24) is 5.32 Å². The van der Waals surface area contributed by atoms with Crippen LogP contribution in [0, 0.1) is 0 Å². The molecule has 0 aliphatic rings. The molecule has 0 fully saturated rings. The van der Waals surface area contributed by atoms with Crippen molar-refractivity contribution in [2.45, 2.75) is 31.1 Å². The van der Waals surface area contributed by atoms with Crippen LogP contribution in [0.3, 0.4) is 0 Å². The highest BCUT2D eigenvalue weighted by Gasteiger charge is 2.32. The van der Waals surface area contributed by atoms with E-state index < -0.39 is 11.7 Å². The molecule has 3 rings (SSSR count). The third-order valence-corrected chi connectivity index (χ3v) is 5.93. The fourth-order valence-corrected chi connectivity index (χ4v) is 4.43. The second-order valence-corrected chi connectivity index (χ2v) is 7.79. The minimum absolute atomic E-state index is 0. The first-order valence-electron chi connectivity index (χ1n) is 8.35. The first-order valence-corrected chi connectivity index (χ1v) is 10.2. The number of aliphatic hydroxyl groups excluding tert-OH is 1. The Bertz CT molecular complexity index is 713. The summed E-state index contributed by atoms with van der Waals surface area (Å²) in [7, 11) is 0. The molecule has 2 heterocycles. The number of aliphatic hydroxyl groups is 2. The van der Waals surface area contributed by atoms with Gasteiger partial charge in [0.25, 0.3) is 0 Å². The summed E-state index contributed by atoms with van der Waals surface area (Å²) in [5.41, 5.74) is 1.75. The molecule has 2 atom stereocenters. The SMILES string of the molecule is CC(NCCC(O)(c1ccsc1)c1ccsc1)C(O)c1ccccc1.Cl. The lowest BCUT2D eigenvalue weighted by molar-refractivity contribution is 0.0672. The molecule has 26 heavy (non-hydrogen) atoms. The second kappa shape index (κ2) is 9.65. The maximum Gasteiger partial charge on any atom is 0.117 e. The molecule has 6 heteroatoms. The molecule has 0 aliphatic heterocycles. The van der Waals surface area contributed by atoms with Crippen molar-refractivity contribution in [3.05, 3.63) is 80.7 Å². The highest BCUT2D eigenvalue weighted by Crippen LogP contribution is 2.35. The summed E-state index contributed by atoms with van der Waals surface area (Å²) in [6.07, 6.45) is -0.0247. The van der Waals surface area contributed by atoms with E-state index in [0.717, 1.165) is 16.7 Å². The number of rotatable bonds is 8. The van der Waals surface area contributed by atoms with Crippen LogP contribution >= 0.6 is 35.1 Å². The molecule has 0 saturated carbocycles. The van der Waals surface area contributed by atoms with Crippen molar-refractivity contribution in [1.29, 1.82) is 0 Å². The van der Waals surface area contributed by atoms with Gasteiger partial charge in [0.15, 0.2) is 0 Å². The summed E-state index contributed by atoms with van der Waals surface area (Å²) in [4.78, 5) is 0. The Morgan fingerprint density at radius 3 is 2.08 bits per heavy atom. The van der Waals surface area contributed by atoms with Crippen LogP contribution < -0.4 is 5.32 Å². The van der Waals surface area contributed by atoms with Crippen LogP contribution in [0.25, 0.3) is 0 Å². The average molecular weight is 410 g/mol. The predicted molar refractivity (Wildman–Crippen MR) is 112 cm³/mol. The zero-order valence-electron chi connectivity index (χ0n) is 14.5. The lowest BCUT2D eigenvalue weighted by Gasteiger charge is -2.29. The average Bonchev–Trinajstić information content (AvgIpc) is 3.35. The highest BCUT2D eigenvalue weighted by atomic mass is 35.5. The van der Waals surface area contributed by atoms with Crippen LogP contribution in [0.15, 0.2) is 64.0 Å². The summed E-state index contributed by atoms with van der Waals surface area (Å²) in [5.74, 6) is 0. The monoisotopic (exact) mass is 409 g/mol. The van der Waals surface area contributed by atoms with Crippen LogP contribution in [0.5, 0.6) is 0 Å². The van der Waals surface area contributed by atoms with Crippen LogP contribution in [0.4, 0.5) is 0 Å². The number of hydrogen-bond donors (Lipinski definition) is 3. The van der Waals surface area contributed by atoms with Crippen LogP contribution in [-0.2, 0) is 5.60 Å². The van der Waals surface area contributed by atoms with Crippen molar-refractivity contribution < 1.29 is 10.2 Å². The maximum absolute atomic E-state index is 11.3. The Hall–Kier alpha value is -1.21. The molecule has 0 bridgehead atoms. The van der Waals surface area contributed by atoms with Gasteiger partial charge in [-0.2, -0.15) is 22.7 Å². The van der Waals surface area contributed by atoms with Crippen LogP contribution in [0.2, 0.25) is 0 Å². The van der Waals surface area contributed by atoms with E-state index in [-0.39, 0.29) is 18.4 Å². The van der Waals surface area contributed by atoms with Crippen molar-refractivity contribution in [2.24, 2.45) is 0 Å². The topological polar surface area (TPSA) is 52.5 Å². The molecule has 2 unspecified atom stereocenters. The molecule has 3 aromatic rings. The number of nitrogens with one attached hydrogen (secondary N) is 1. The van der Waals surface area contributed by atoms with Gasteiger partial charge in [0.05, 0.1) is 6.10 Å². The van der Waals surface area contributed by atoms with Crippen molar-refractivity contribution >= 4 is 35.1 Å². The molecule has 0 spiro atoms. The number of hydrogen-bond acceptors (Lipinski definition) is 5. The molecule has 3 N–H and O–H groups in total. The summed E-state index contributed by atoms with van der Waals surface area (Å²) < 4.78 is 0. The molecular formula is C20H24ClNO2S2. The molecule has 0 amide bonds. The van der Waals surface area contributed by atoms with Crippen LogP contribution in [0.1, 0.15) is 36.1 Å². The number of thiophene rings is 2. The van der Waals surface area contributed by atoms with E-state index in [9.17, 15) is 10.2 Å². The second-order valence-electron chi connectivity index (χ2n) is 6.23. The molecule has 140 valence electrons. The van der Waals surface area contributed by atoms with Gasteiger partial charge in [-0.1, -0.05) is 30.3 Å². The first-order chi connectivity index (χ1) is 12.1. The third-order valence-electron chi connectivity index (χ3n) is 4.57. The van der Waals surface area contributed by atoms with Gasteiger partial charge in [-0.3, -0.25) is 0 Å². The molecular weight excluding hydrogens is 386 g/mol. The molecule has 3 nitrogen and oxygen atoms in total. The standard InChI is InChI=1S/C20H23NO2S2.ClH/c1-15(19(22)16-5-3-2-4-6-16)21-10-9-20(23,17-7-11-24-13-17)18-8-12-25-14-18;/h2-8,11-15,19,21-23H,9-10H2,1H3;1H. The van der Waals surface area contributed by atoms with E-state index in [1.165, 1.54) is 0 Å². The number of benzene rings is 1. The molecule has 0 saturated heterocycles.